The second-order valence-corrected chi connectivity index (χ2v) is 9.44. The van der Waals surface area contributed by atoms with Gasteiger partial charge in [-0.1, -0.05) is 6.92 Å². The number of likely N-dealkylation sites (tertiary alicyclic amines) is 1. The number of fused-ring (bicyclic) bond motifs is 1. The molecule has 5 rings (SSSR count). The summed E-state index contributed by atoms with van der Waals surface area (Å²) >= 11 is 0. The molecular weight excluding hydrogens is 424 g/mol. The number of anilines is 3. The second-order valence-electron chi connectivity index (χ2n) is 9.44. The molecule has 0 aromatic carbocycles. The Morgan fingerprint density at radius 3 is 2.67 bits per heavy atom. The Kier molecular flexibility index (Phi) is 5.23. The Labute approximate surface area is 192 Å². The zero-order valence-corrected chi connectivity index (χ0v) is 19.2. The minimum Gasteiger partial charge on any atom is -0.465 e. The molecule has 0 aliphatic carbocycles. The molecule has 11 nitrogen and oxygen atoms in total. The summed E-state index contributed by atoms with van der Waals surface area (Å²) in [7, 11) is 0. The van der Waals surface area contributed by atoms with Crippen molar-refractivity contribution in [2.45, 2.75) is 38.8 Å². The first-order chi connectivity index (χ1) is 15.8. The second kappa shape index (κ2) is 7.98. The lowest BCUT2D eigenvalue weighted by molar-refractivity contribution is 0.0981. The van der Waals surface area contributed by atoms with Crippen molar-refractivity contribution in [1.29, 1.82) is 0 Å². The number of carbonyl (C=O) groups is 1. The van der Waals surface area contributed by atoms with E-state index in [1.54, 1.807) is 12.4 Å². The number of carboxylic acid groups (broad SMARTS) is 1. The van der Waals surface area contributed by atoms with Gasteiger partial charge < -0.3 is 30.3 Å². The van der Waals surface area contributed by atoms with Crippen molar-refractivity contribution in [2.75, 3.05) is 54.9 Å². The van der Waals surface area contributed by atoms with E-state index in [0.29, 0.717) is 38.8 Å². The maximum atomic E-state index is 11.7. The van der Waals surface area contributed by atoms with Gasteiger partial charge in [0.25, 0.3) is 0 Å². The number of hydrogen-bond acceptors (Lipinski definition) is 9. The molecule has 2 aromatic heterocycles. The van der Waals surface area contributed by atoms with Gasteiger partial charge in [-0.25, -0.2) is 19.7 Å². The Balaban J connectivity index is 1.62. The van der Waals surface area contributed by atoms with E-state index in [4.69, 9.17) is 20.4 Å². The average Bonchev–Trinajstić information content (AvgIpc) is 3.36. The minimum absolute atomic E-state index is 0.144. The number of nitrogens with two attached hydrogens (primary N) is 1. The minimum atomic E-state index is -0.879. The molecule has 0 unspecified atom stereocenters. The zero-order valence-electron chi connectivity index (χ0n) is 19.2. The van der Waals surface area contributed by atoms with Crippen LogP contribution < -0.4 is 15.5 Å². The zero-order chi connectivity index (χ0) is 23.3. The van der Waals surface area contributed by atoms with E-state index in [2.05, 4.69) is 40.5 Å². The predicted molar refractivity (Wildman–Crippen MR) is 123 cm³/mol. The summed E-state index contributed by atoms with van der Waals surface area (Å²) in [6.45, 7) is 10.0. The van der Waals surface area contributed by atoms with Crippen LogP contribution in [0.1, 0.15) is 26.3 Å². The number of ether oxygens (including phenoxy) is 1. The molecule has 3 atom stereocenters. The van der Waals surface area contributed by atoms with E-state index < -0.39 is 6.09 Å². The van der Waals surface area contributed by atoms with Gasteiger partial charge in [0, 0.05) is 49.7 Å². The molecule has 3 aliphatic rings. The number of hydrogen-bond donors (Lipinski definition) is 2. The van der Waals surface area contributed by atoms with Crippen molar-refractivity contribution >= 4 is 23.8 Å². The Morgan fingerprint density at radius 2 is 2.00 bits per heavy atom. The normalized spacial score (nSPS) is 27.2. The summed E-state index contributed by atoms with van der Waals surface area (Å²) in [4.78, 5) is 36.0. The van der Waals surface area contributed by atoms with Crippen LogP contribution in [0.4, 0.5) is 22.5 Å². The van der Waals surface area contributed by atoms with Gasteiger partial charge in [0.1, 0.15) is 5.82 Å². The van der Waals surface area contributed by atoms with Gasteiger partial charge in [-0.2, -0.15) is 4.98 Å². The standard InChI is InChI=1S/C22H30N8O3/c1-13-10-28(21(31)32)12-22(13,3)30-5-4-16-17(15-8-24-19(23)25-9-15)26-20(27-18(16)30)29-6-7-33-11-14(29)2/h8-9,13-14H,4-7,10-12H2,1-3H3,(H,31,32)(H2,23,24,25)/t13-,14+,22-/m1/s1. The highest BCUT2D eigenvalue weighted by atomic mass is 16.5. The summed E-state index contributed by atoms with van der Waals surface area (Å²) in [6, 6.07) is 0.144. The first-order valence-corrected chi connectivity index (χ1v) is 11.4. The maximum absolute atomic E-state index is 11.7. The van der Waals surface area contributed by atoms with Crippen LogP contribution in [0.2, 0.25) is 0 Å². The van der Waals surface area contributed by atoms with E-state index >= 15 is 0 Å². The van der Waals surface area contributed by atoms with Crippen LogP contribution in [-0.4, -0.2) is 87.0 Å². The highest BCUT2D eigenvalue weighted by Gasteiger charge is 2.49. The lowest BCUT2D eigenvalue weighted by Crippen LogP contribution is -2.52. The smallest absolute Gasteiger partial charge is 0.407 e. The topological polar surface area (TPSA) is 134 Å². The third-order valence-corrected chi connectivity index (χ3v) is 7.34. The van der Waals surface area contributed by atoms with Crippen molar-refractivity contribution < 1.29 is 14.6 Å². The van der Waals surface area contributed by atoms with Crippen molar-refractivity contribution in [2.24, 2.45) is 5.92 Å². The molecule has 176 valence electrons. The quantitative estimate of drug-likeness (QED) is 0.702. The molecule has 0 saturated carbocycles. The van der Waals surface area contributed by atoms with Crippen molar-refractivity contribution in [3.63, 3.8) is 0 Å². The molecule has 1 amide bonds. The monoisotopic (exact) mass is 454 g/mol. The number of nitrogens with zero attached hydrogens (tertiary/aromatic N) is 7. The lowest BCUT2D eigenvalue weighted by atomic mass is 9.89. The van der Waals surface area contributed by atoms with Crippen LogP contribution in [0.15, 0.2) is 12.4 Å². The fourth-order valence-electron chi connectivity index (χ4n) is 5.22. The highest BCUT2D eigenvalue weighted by molar-refractivity contribution is 5.74. The van der Waals surface area contributed by atoms with Gasteiger partial charge in [-0.15, -0.1) is 0 Å². The Hall–Kier alpha value is -3.21. The van der Waals surface area contributed by atoms with Gasteiger partial charge in [-0.05, 0) is 26.2 Å². The molecule has 33 heavy (non-hydrogen) atoms. The van der Waals surface area contributed by atoms with Crippen LogP contribution in [0, 0.1) is 5.92 Å². The van der Waals surface area contributed by atoms with Gasteiger partial charge in [0.2, 0.25) is 11.9 Å². The first kappa shape index (κ1) is 21.6. The lowest BCUT2D eigenvalue weighted by Gasteiger charge is -2.40. The summed E-state index contributed by atoms with van der Waals surface area (Å²) in [5, 5.41) is 9.60. The van der Waals surface area contributed by atoms with Crippen molar-refractivity contribution in [3.05, 3.63) is 18.0 Å². The van der Waals surface area contributed by atoms with E-state index in [0.717, 1.165) is 35.6 Å². The van der Waals surface area contributed by atoms with E-state index in [9.17, 15) is 9.90 Å². The fraction of sp³-hybridized carbons (Fsp3) is 0.591. The molecule has 0 radical (unpaired) electrons. The summed E-state index contributed by atoms with van der Waals surface area (Å²) in [5.41, 5.74) is 8.00. The summed E-state index contributed by atoms with van der Waals surface area (Å²) in [6.07, 6.45) is 3.29. The molecule has 3 aliphatic heterocycles. The third-order valence-electron chi connectivity index (χ3n) is 7.34. The number of nitrogen functional groups attached to an aromatic ring is 1. The summed E-state index contributed by atoms with van der Waals surface area (Å²) < 4.78 is 5.62. The Morgan fingerprint density at radius 1 is 1.24 bits per heavy atom. The van der Waals surface area contributed by atoms with Gasteiger partial charge in [0.15, 0.2) is 0 Å². The largest absolute Gasteiger partial charge is 0.465 e. The van der Waals surface area contributed by atoms with E-state index in [-0.39, 0.29) is 23.4 Å². The number of aromatic nitrogens is 4. The van der Waals surface area contributed by atoms with Gasteiger partial charge >= 0.3 is 6.09 Å². The highest BCUT2D eigenvalue weighted by Crippen LogP contribution is 2.43. The van der Waals surface area contributed by atoms with Crippen LogP contribution in [0.25, 0.3) is 11.3 Å². The third kappa shape index (κ3) is 3.60. The van der Waals surface area contributed by atoms with Crippen molar-refractivity contribution in [1.82, 2.24) is 24.8 Å². The van der Waals surface area contributed by atoms with E-state index in [1.807, 2.05) is 0 Å². The molecular formula is C22H30N8O3. The number of morpholine rings is 1. The molecule has 11 heteroatoms. The molecule has 0 spiro atoms. The van der Waals surface area contributed by atoms with E-state index in [1.165, 1.54) is 4.90 Å². The average molecular weight is 455 g/mol. The predicted octanol–water partition coefficient (Wildman–Crippen LogP) is 1.49. The number of amides is 1. The van der Waals surface area contributed by atoms with Crippen LogP contribution in [-0.2, 0) is 11.2 Å². The molecule has 2 aromatic rings. The van der Waals surface area contributed by atoms with Crippen LogP contribution >= 0.6 is 0 Å². The Bertz CT molecular complexity index is 1060. The fourth-order valence-corrected chi connectivity index (χ4v) is 5.22. The van der Waals surface area contributed by atoms with Crippen LogP contribution in [0.3, 0.4) is 0 Å². The molecule has 5 heterocycles. The van der Waals surface area contributed by atoms with Gasteiger partial charge in [0.05, 0.1) is 30.5 Å². The van der Waals surface area contributed by atoms with Crippen LogP contribution in [0.5, 0.6) is 0 Å². The number of rotatable bonds is 3. The maximum Gasteiger partial charge on any atom is 0.407 e. The SMILES string of the molecule is C[C@@H]1CN(C(=O)O)C[C@@]1(C)N1CCc2c(-c3cnc(N)nc3)nc(N3CCOC[C@@H]3C)nc21. The molecule has 3 N–H and O–H groups in total. The molecule has 2 fully saturated rings. The summed E-state index contributed by atoms with van der Waals surface area (Å²) in [5.74, 6) is 1.89. The van der Waals surface area contributed by atoms with Gasteiger partial charge in [-0.3, -0.25) is 0 Å². The van der Waals surface area contributed by atoms with Crippen molar-refractivity contribution in [3.8, 4) is 11.3 Å². The molecule has 2 saturated heterocycles. The molecule has 0 bridgehead atoms. The first-order valence-electron chi connectivity index (χ1n) is 11.4.